The van der Waals surface area contributed by atoms with Gasteiger partial charge in [0.15, 0.2) is 0 Å². The summed E-state index contributed by atoms with van der Waals surface area (Å²) in [5.74, 6) is -0.256. The van der Waals surface area contributed by atoms with Gasteiger partial charge in [-0.15, -0.1) is 0 Å². The van der Waals surface area contributed by atoms with Gasteiger partial charge in [-0.05, 0) is 55.5 Å². The van der Waals surface area contributed by atoms with Gasteiger partial charge in [0.2, 0.25) is 0 Å². The largest absolute Gasteiger partial charge is 0.338 e. The van der Waals surface area contributed by atoms with Crippen molar-refractivity contribution < 1.29 is 9.18 Å². The number of benzene rings is 1. The molecule has 0 spiro atoms. The minimum Gasteiger partial charge on any atom is -0.338 e. The van der Waals surface area contributed by atoms with Gasteiger partial charge in [0.05, 0.1) is 6.04 Å². The highest BCUT2D eigenvalue weighted by Gasteiger charge is 2.28. The molecule has 0 aliphatic carbocycles. The lowest BCUT2D eigenvalue weighted by Gasteiger charge is -2.36. The Bertz CT molecular complexity index is 734. The van der Waals surface area contributed by atoms with Crippen LogP contribution in [-0.2, 0) is 6.42 Å². The quantitative estimate of drug-likeness (QED) is 0.913. The molecule has 5 heteroatoms. The Morgan fingerprint density at radius 3 is 3.00 bits per heavy atom. The number of aryl methyl sites for hydroxylation is 1. The van der Waals surface area contributed by atoms with Gasteiger partial charge in [0.25, 0.3) is 0 Å². The SMILES string of the molecule is Cc1cccnc1CCNC(=O)N1CCCC[C@@H]1c1cccc(F)c1. The van der Waals surface area contributed by atoms with Gasteiger partial charge < -0.3 is 10.2 Å². The molecule has 25 heavy (non-hydrogen) atoms. The Labute approximate surface area is 148 Å². The van der Waals surface area contributed by atoms with Crippen molar-refractivity contribution in [3.8, 4) is 0 Å². The molecule has 1 N–H and O–H groups in total. The first kappa shape index (κ1) is 17.4. The molecular weight excluding hydrogens is 317 g/mol. The molecule has 1 aliphatic rings. The highest BCUT2D eigenvalue weighted by molar-refractivity contribution is 5.74. The Morgan fingerprint density at radius 2 is 2.20 bits per heavy atom. The smallest absolute Gasteiger partial charge is 0.317 e. The second-order valence-corrected chi connectivity index (χ2v) is 6.51. The molecule has 132 valence electrons. The average Bonchev–Trinajstić information content (AvgIpc) is 2.63. The third-order valence-corrected chi connectivity index (χ3v) is 4.75. The van der Waals surface area contributed by atoms with E-state index in [0.29, 0.717) is 19.5 Å². The van der Waals surface area contributed by atoms with Gasteiger partial charge in [-0.1, -0.05) is 18.2 Å². The summed E-state index contributed by atoms with van der Waals surface area (Å²) < 4.78 is 13.6. The van der Waals surface area contributed by atoms with Crippen molar-refractivity contribution in [3.05, 3.63) is 65.2 Å². The second kappa shape index (κ2) is 8.10. The first-order chi connectivity index (χ1) is 12.1. The van der Waals surface area contributed by atoms with Crippen LogP contribution in [0.1, 0.15) is 42.1 Å². The maximum atomic E-state index is 13.6. The van der Waals surface area contributed by atoms with E-state index in [1.54, 1.807) is 12.3 Å². The minimum atomic E-state index is -0.256. The summed E-state index contributed by atoms with van der Waals surface area (Å²) in [5, 5.41) is 3.00. The summed E-state index contributed by atoms with van der Waals surface area (Å²) in [6, 6.07) is 10.4. The molecule has 0 bridgehead atoms. The maximum Gasteiger partial charge on any atom is 0.317 e. The summed E-state index contributed by atoms with van der Waals surface area (Å²) >= 11 is 0. The Balaban J connectivity index is 1.62. The molecule has 0 radical (unpaired) electrons. The number of hydrogen-bond acceptors (Lipinski definition) is 2. The lowest BCUT2D eigenvalue weighted by atomic mass is 9.95. The number of rotatable bonds is 4. The number of piperidine rings is 1. The number of nitrogens with one attached hydrogen (secondary N) is 1. The van der Waals surface area contributed by atoms with E-state index in [2.05, 4.69) is 10.3 Å². The molecule has 1 aromatic heterocycles. The number of nitrogens with zero attached hydrogens (tertiary/aromatic N) is 2. The number of carbonyl (C=O) groups is 1. The molecule has 1 aliphatic heterocycles. The van der Waals surface area contributed by atoms with Crippen molar-refractivity contribution in [2.45, 2.75) is 38.6 Å². The van der Waals surface area contributed by atoms with Crippen molar-refractivity contribution >= 4 is 6.03 Å². The van der Waals surface area contributed by atoms with Crippen molar-refractivity contribution in [2.24, 2.45) is 0 Å². The maximum absolute atomic E-state index is 13.6. The molecule has 2 amide bonds. The fraction of sp³-hybridized carbons (Fsp3) is 0.400. The molecular formula is C20H24FN3O. The van der Waals surface area contributed by atoms with Gasteiger partial charge in [0, 0.05) is 31.4 Å². The first-order valence-corrected chi connectivity index (χ1v) is 8.85. The molecule has 0 unspecified atom stereocenters. The molecule has 0 saturated carbocycles. The van der Waals surface area contributed by atoms with E-state index in [-0.39, 0.29) is 17.9 Å². The zero-order valence-electron chi connectivity index (χ0n) is 14.5. The number of aromatic nitrogens is 1. The number of urea groups is 1. The highest BCUT2D eigenvalue weighted by atomic mass is 19.1. The van der Waals surface area contributed by atoms with Crippen LogP contribution in [0.15, 0.2) is 42.6 Å². The molecule has 3 rings (SSSR count). The molecule has 1 fully saturated rings. The van der Waals surface area contributed by atoms with Gasteiger partial charge in [0.1, 0.15) is 5.82 Å². The first-order valence-electron chi connectivity index (χ1n) is 8.85. The van der Waals surface area contributed by atoms with Crippen LogP contribution in [0.25, 0.3) is 0 Å². The van der Waals surface area contributed by atoms with E-state index >= 15 is 0 Å². The number of likely N-dealkylation sites (tertiary alicyclic amines) is 1. The van der Waals surface area contributed by atoms with Gasteiger partial charge >= 0.3 is 6.03 Å². The van der Waals surface area contributed by atoms with E-state index in [0.717, 1.165) is 36.1 Å². The molecule has 1 saturated heterocycles. The number of halogens is 1. The van der Waals surface area contributed by atoms with Crippen LogP contribution in [0.5, 0.6) is 0 Å². The molecule has 1 aromatic carbocycles. The van der Waals surface area contributed by atoms with Crippen LogP contribution in [0.2, 0.25) is 0 Å². The van der Waals surface area contributed by atoms with Crippen LogP contribution < -0.4 is 5.32 Å². The zero-order valence-corrected chi connectivity index (χ0v) is 14.5. The van der Waals surface area contributed by atoms with Crippen molar-refractivity contribution in [1.29, 1.82) is 0 Å². The van der Waals surface area contributed by atoms with Gasteiger partial charge in [-0.25, -0.2) is 9.18 Å². The van der Waals surface area contributed by atoms with Gasteiger partial charge in [-0.2, -0.15) is 0 Å². The standard InChI is InChI=1S/C20H24FN3O/c1-15-6-5-11-22-18(15)10-12-23-20(25)24-13-3-2-9-19(24)16-7-4-8-17(21)14-16/h4-8,11,14,19H,2-3,9-10,12-13H2,1H3,(H,23,25)/t19-/m1/s1. The minimum absolute atomic E-state index is 0.0546. The number of carbonyl (C=O) groups excluding carboxylic acids is 1. The Morgan fingerprint density at radius 1 is 1.32 bits per heavy atom. The van der Waals surface area contributed by atoms with E-state index in [1.807, 2.05) is 30.0 Å². The zero-order chi connectivity index (χ0) is 17.6. The molecule has 4 nitrogen and oxygen atoms in total. The molecule has 2 heterocycles. The van der Waals surface area contributed by atoms with Crippen LogP contribution in [0, 0.1) is 12.7 Å². The highest BCUT2D eigenvalue weighted by Crippen LogP contribution is 2.31. The summed E-state index contributed by atoms with van der Waals surface area (Å²) in [5.41, 5.74) is 3.01. The van der Waals surface area contributed by atoms with E-state index < -0.39 is 0 Å². The fourth-order valence-corrected chi connectivity index (χ4v) is 3.40. The fourth-order valence-electron chi connectivity index (χ4n) is 3.40. The van der Waals surface area contributed by atoms with Crippen LogP contribution in [0.3, 0.4) is 0 Å². The van der Waals surface area contributed by atoms with E-state index in [4.69, 9.17) is 0 Å². The average molecular weight is 341 g/mol. The van der Waals surface area contributed by atoms with Gasteiger partial charge in [-0.3, -0.25) is 4.98 Å². The topological polar surface area (TPSA) is 45.2 Å². The summed E-state index contributed by atoms with van der Waals surface area (Å²) in [6.07, 6.45) is 5.39. The monoisotopic (exact) mass is 341 g/mol. The number of hydrogen-bond donors (Lipinski definition) is 1. The Hall–Kier alpha value is -2.43. The molecule has 1 atom stereocenters. The predicted molar refractivity (Wildman–Crippen MR) is 95.8 cm³/mol. The summed E-state index contributed by atoms with van der Waals surface area (Å²) in [4.78, 5) is 18.8. The van der Waals surface area contributed by atoms with Crippen molar-refractivity contribution in [1.82, 2.24) is 15.2 Å². The van der Waals surface area contributed by atoms with Crippen LogP contribution >= 0.6 is 0 Å². The van der Waals surface area contributed by atoms with E-state index in [9.17, 15) is 9.18 Å². The van der Waals surface area contributed by atoms with Crippen LogP contribution in [0.4, 0.5) is 9.18 Å². The number of amides is 2. The Kier molecular flexibility index (Phi) is 5.64. The van der Waals surface area contributed by atoms with Crippen molar-refractivity contribution in [3.63, 3.8) is 0 Å². The number of pyridine rings is 1. The second-order valence-electron chi connectivity index (χ2n) is 6.51. The van der Waals surface area contributed by atoms with Crippen LogP contribution in [-0.4, -0.2) is 29.0 Å². The summed E-state index contributed by atoms with van der Waals surface area (Å²) in [7, 11) is 0. The summed E-state index contributed by atoms with van der Waals surface area (Å²) in [6.45, 7) is 3.27. The normalized spacial score (nSPS) is 17.4. The lowest BCUT2D eigenvalue weighted by Crippen LogP contribution is -2.45. The molecule has 2 aromatic rings. The lowest BCUT2D eigenvalue weighted by molar-refractivity contribution is 0.151. The van der Waals surface area contributed by atoms with Crippen molar-refractivity contribution in [2.75, 3.05) is 13.1 Å². The third-order valence-electron chi connectivity index (χ3n) is 4.75. The van der Waals surface area contributed by atoms with E-state index in [1.165, 1.54) is 12.1 Å². The third kappa shape index (κ3) is 4.35. The predicted octanol–water partition coefficient (Wildman–Crippen LogP) is 4.01.